The van der Waals surface area contributed by atoms with Gasteiger partial charge in [0.1, 0.15) is 11.6 Å². The molecule has 1 fully saturated rings. The van der Waals surface area contributed by atoms with Crippen LogP contribution in [0.2, 0.25) is 0 Å². The summed E-state index contributed by atoms with van der Waals surface area (Å²) in [7, 11) is 0. The van der Waals surface area contributed by atoms with Crippen molar-refractivity contribution in [3.63, 3.8) is 0 Å². The lowest BCUT2D eigenvalue weighted by atomic mass is 9.89. The van der Waals surface area contributed by atoms with Gasteiger partial charge in [-0.25, -0.2) is 14.4 Å². The number of halogens is 1. The molecule has 216 valence electrons. The highest BCUT2D eigenvalue weighted by Gasteiger charge is 2.24. The van der Waals surface area contributed by atoms with Crippen LogP contribution in [0.15, 0.2) is 71.5 Å². The molecule has 5 rings (SSSR count). The molecule has 0 atom stereocenters. The zero-order chi connectivity index (χ0) is 29.4. The molecule has 1 amide bonds. The second-order valence-electron chi connectivity index (χ2n) is 9.78. The van der Waals surface area contributed by atoms with E-state index in [0.29, 0.717) is 31.0 Å². The zero-order valence-corrected chi connectivity index (χ0v) is 24.3. The Morgan fingerprint density at radius 1 is 1.10 bits per heavy atom. The molecule has 8 nitrogen and oxygen atoms in total. The van der Waals surface area contributed by atoms with Crippen molar-refractivity contribution in [3.8, 4) is 0 Å². The number of amides is 1. The highest BCUT2D eigenvalue weighted by atomic mass is 19.1. The number of anilines is 3. The van der Waals surface area contributed by atoms with Crippen molar-refractivity contribution >= 4 is 34.5 Å². The van der Waals surface area contributed by atoms with Crippen LogP contribution in [0.25, 0.3) is 5.70 Å². The Hall–Kier alpha value is -4.08. The fraction of sp³-hybridized carbons (Fsp3) is 0.344. The van der Waals surface area contributed by atoms with Gasteiger partial charge >= 0.3 is 0 Å². The number of ether oxygens (including phenoxy) is 1. The summed E-state index contributed by atoms with van der Waals surface area (Å²) < 4.78 is 19.2. The maximum absolute atomic E-state index is 13.7. The number of carbonyl (C=O) groups is 1. The monoisotopic (exact) mass is 558 g/mol. The maximum atomic E-state index is 13.7. The number of nitrogens with two attached hydrogens (primary N) is 1. The Morgan fingerprint density at radius 3 is 2.54 bits per heavy atom. The molecule has 0 saturated carbocycles. The number of nitrogens with one attached hydrogen (secondary N) is 1. The van der Waals surface area contributed by atoms with E-state index in [9.17, 15) is 9.18 Å². The van der Waals surface area contributed by atoms with Crippen LogP contribution in [0.1, 0.15) is 55.6 Å². The lowest BCUT2D eigenvalue weighted by molar-refractivity contribution is 0.102. The lowest BCUT2D eigenvalue weighted by Crippen LogP contribution is -2.36. The van der Waals surface area contributed by atoms with Crippen molar-refractivity contribution < 1.29 is 13.9 Å². The molecule has 1 aliphatic carbocycles. The third-order valence-corrected chi connectivity index (χ3v) is 6.99. The summed E-state index contributed by atoms with van der Waals surface area (Å²) in [5.41, 5.74) is 12.7. The number of nitrogens with zero attached hydrogens (tertiary/aromatic N) is 4. The number of morpholine rings is 1. The molecule has 2 aliphatic rings. The van der Waals surface area contributed by atoms with E-state index in [-0.39, 0.29) is 11.7 Å². The Labute approximate surface area is 241 Å². The maximum Gasteiger partial charge on any atom is 0.255 e. The number of hydrogen-bond donors (Lipinski definition) is 2. The number of carbonyl (C=O) groups excluding carboxylic acids is 1. The summed E-state index contributed by atoms with van der Waals surface area (Å²) in [5.74, 6) is 0.239. The van der Waals surface area contributed by atoms with E-state index in [1.54, 1.807) is 24.4 Å². The van der Waals surface area contributed by atoms with Crippen LogP contribution in [0.5, 0.6) is 0 Å². The van der Waals surface area contributed by atoms with Gasteiger partial charge in [0.05, 0.1) is 24.6 Å². The zero-order valence-electron chi connectivity index (χ0n) is 24.3. The van der Waals surface area contributed by atoms with Gasteiger partial charge in [0.25, 0.3) is 5.91 Å². The van der Waals surface area contributed by atoms with E-state index in [4.69, 9.17) is 15.6 Å². The molecule has 41 heavy (non-hydrogen) atoms. The first kappa shape index (κ1) is 29.9. The summed E-state index contributed by atoms with van der Waals surface area (Å²) in [6.45, 7) is 11.0. The highest BCUT2D eigenvalue weighted by Crippen LogP contribution is 2.38. The van der Waals surface area contributed by atoms with Crippen molar-refractivity contribution in [1.29, 1.82) is 0 Å². The van der Waals surface area contributed by atoms with Crippen molar-refractivity contribution in [2.24, 2.45) is 10.8 Å². The molecule has 1 saturated heterocycles. The summed E-state index contributed by atoms with van der Waals surface area (Å²) >= 11 is 0. The predicted octanol–water partition coefficient (Wildman–Crippen LogP) is 5.85. The first-order valence-corrected chi connectivity index (χ1v) is 14.2. The average Bonchev–Trinajstić information content (AvgIpc) is 3.02. The lowest BCUT2D eigenvalue weighted by Gasteiger charge is -2.30. The van der Waals surface area contributed by atoms with Gasteiger partial charge in [-0.05, 0) is 86.4 Å². The van der Waals surface area contributed by atoms with Crippen LogP contribution in [-0.2, 0) is 11.2 Å². The highest BCUT2D eigenvalue weighted by molar-refractivity contribution is 6.05. The van der Waals surface area contributed by atoms with Crippen molar-refractivity contribution in [3.05, 3.63) is 88.9 Å². The molecule has 0 unspecified atom stereocenters. The molecule has 1 aromatic heterocycles. The molecule has 0 bridgehead atoms. The normalized spacial score (nSPS) is 15.1. The van der Waals surface area contributed by atoms with Crippen LogP contribution >= 0.6 is 0 Å². The molecule has 0 spiro atoms. The number of hydrazone groups is 1. The Morgan fingerprint density at radius 2 is 1.83 bits per heavy atom. The van der Waals surface area contributed by atoms with Crippen molar-refractivity contribution in [2.45, 2.75) is 40.5 Å². The standard InChI is InChI=1S/C30H33FN6O2.C2H6/c1-20-3-4-22-5-8-25(34-30(38)23-11-12-33-28(17-23)36-13-15-39-16-14-36)18-27(22)29(20)37(35-21(2)19-32)26-9-6-24(31)7-10-26;1-2/h5-12,17-18H,3-4,13-16,19,32H2,1-2H3,(H,34,38);1-2H3/b35-21+;. The molecular weight excluding hydrogens is 519 g/mol. The van der Waals surface area contributed by atoms with E-state index in [1.807, 2.05) is 50.0 Å². The van der Waals surface area contributed by atoms with Gasteiger partial charge in [0.15, 0.2) is 0 Å². The van der Waals surface area contributed by atoms with Crippen LogP contribution in [0.3, 0.4) is 0 Å². The average molecular weight is 559 g/mol. The molecule has 3 N–H and O–H groups in total. The molecular formula is C32H39FN6O2. The Kier molecular flexibility index (Phi) is 10.2. The third kappa shape index (κ3) is 7.17. The number of rotatable bonds is 7. The van der Waals surface area contributed by atoms with Gasteiger partial charge in [-0.15, -0.1) is 0 Å². The van der Waals surface area contributed by atoms with Gasteiger partial charge in [0.2, 0.25) is 0 Å². The molecule has 0 radical (unpaired) electrons. The molecule has 9 heteroatoms. The van der Waals surface area contributed by atoms with Crippen LogP contribution in [0, 0.1) is 5.82 Å². The van der Waals surface area contributed by atoms with Crippen molar-refractivity contribution in [2.75, 3.05) is 48.1 Å². The molecule has 2 aromatic carbocycles. The first-order chi connectivity index (χ1) is 19.9. The van der Waals surface area contributed by atoms with Crippen LogP contribution in [-0.4, -0.2) is 49.5 Å². The fourth-order valence-corrected chi connectivity index (χ4v) is 4.82. The minimum atomic E-state index is -0.314. The summed E-state index contributed by atoms with van der Waals surface area (Å²) in [4.78, 5) is 19.8. The summed E-state index contributed by atoms with van der Waals surface area (Å²) in [6, 6.07) is 15.7. The van der Waals surface area contributed by atoms with E-state index in [2.05, 4.69) is 22.1 Å². The topological polar surface area (TPSA) is 96.1 Å². The van der Waals surface area contributed by atoms with Gasteiger partial charge in [-0.3, -0.25) is 4.79 Å². The first-order valence-electron chi connectivity index (χ1n) is 14.2. The summed E-state index contributed by atoms with van der Waals surface area (Å²) in [5, 5.41) is 9.68. The smallest absolute Gasteiger partial charge is 0.255 e. The van der Waals surface area contributed by atoms with Gasteiger partial charge < -0.3 is 20.7 Å². The van der Waals surface area contributed by atoms with E-state index >= 15 is 0 Å². The summed E-state index contributed by atoms with van der Waals surface area (Å²) in [6.07, 6.45) is 3.41. The van der Waals surface area contributed by atoms with Gasteiger partial charge in [0, 0.05) is 48.4 Å². The number of allylic oxidation sites excluding steroid dienone is 1. The van der Waals surface area contributed by atoms with Crippen molar-refractivity contribution in [1.82, 2.24) is 4.98 Å². The van der Waals surface area contributed by atoms with Gasteiger partial charge in [-0.1, -0.05) is 19.9 Å². The number of pyridine rings is 1. The molecule has 2 heterocycles. The predicted molar refractivity (Wildman–Crippen MR) is 165 cm³/mol. The largest absolute Gasteiger partial charge is 0.378 e. The second kappa shape index (κ2) is 14.0. The Balaban J connectivity index is 0.00000189. The van der Waals surface area contributed by atoms with E-state index in [0.717, 1.165) is 65.5 Å². The minimum absolute atomic E-state index is 0.211. The SMILES string of the molecule is CC.CC1=C(N(/N=C(\C)CN)c2ccc(F)cc2)c2cc(NC(=O)c3ccnc(N4CCOCC4)c3)ccc2CC1. The second-order valence-corrected chi connectivity index (χ2v) is 9.78. The number of hydrogen-bond acceptors (Lipinski definition) is 7. The number of aryl methyl sites for hydroxylation is 1. The number of aromatic nitrogens is 1. The molecule has 3 aromatic rings. The fourth-order valence-electron chi connectivity index (χ4n) is 4.82. The number of benzene rings is 2. The van der Waals surface area contributed by atoms with Crippen LogP contribution in [0.4, 0.5) is 21.6 Å². The molecule has 1 aliphatic heterocycles. The van der Waals surface area contributed by atoms with E-state index in [1.165, 1.54) is 12.1 Å². The third-order valence-electron chi connectivity index (χ3n) is 6.99. The van der Waals surface area contributed by atoms with Crippen LogP contribution < -0.4 is 21.0 Å². The number of fused-ring (bicyclic) bond motifs is 1. The van der Waals surface area contributed by atoms with E-state index < -0.39 is 0 Å². The Bertz CT molecular complexity index is 1410. The van der Waals surface area contributed by atoms with Gasteiger partial charge in [-0.2, -0.15) is 5.10 Å². The quantitative estimate of drug-likeness (QED) is 0.279. The minimum Gasteiger partial charge on any atom is -0.378 e.